The van der Waals surface area contributed by atoms with Crippen LogP contribution in [0.2, 0.25) is 0 Å². The van der Waals surface area contributed by atoms with Crippen LogP contribution in [0.4, 0.5) is 0 Å². The molecule has 0 aromatic carbocycles. The molecule has 0 bridgehead atoms. The first kappa shape index (κ1) is 11.8. The van der Waals surface area contributed by atoms with E-state index in [9.17, 15) is 4.79 Å². The number of likely N-dealkylation sites (N-methyl/N-ethyl adjacent to an activating group) is 1. The Bertz CT molecular complexity index is 317. The Labute approximate surface area is 90.7 Å². The van der Waals surface area contributed by atoms with Gasteiger partial charge in [0.2, 0.25) is 5.91 Å². The molecule has 1 rings (SSSR count). The highest BCUT2D eigenvalue weighted by Crippen LogP contribution is 2.02. The van der Waals surface area contributed by atoms with Gasteiger partial charge in [-0.3, -0.25) is 4.79 Å². The van der Waals surface area contributed by atoms with Crippen molar-refractivity contribution >= 4 is 5.91 Å². The lowest BCUT2D eigenvalue weighted by Crippen LogP contribution is -2.27. The van der Waals surface area contributed by atoms with Gasteiger partial charge in [0.25, 0.3) is 0 Å². The molecule has 0 radical (unpaired) electrons. The summed E-state index contributed by atoms with van der Waals surface area (Å²) in [6.07, 6.45) is 1.92. The van der Waals surface area contributed by atoms with Crippen molar-refractivity contribution in [2.45, 2.75) is 33.0 Å². The second kappa shape index (κ2) is 5.56. The number of hydrogen-bond donors (Lipinski definition) is 2. The van der Waals surface area contributed by atoms with Crippen LogP contribution >= 0.6 is 0 Å². The van der Waals surface area contributed by atoms with Gasteiger partial charge in [-0.25, -0.2) is 0 Å². The molecule has 0 aliphatic rings. The molecule has 1 aromatic heterocycles. The Hall–Kier alpha value is -1.29. The van der Waals surface area contributed by atoms with E-state index in [2.05, 4.69) is 24.5 Å². The summed E-state index contributed by atoms with van der Waals surface area (Å²) in [6.45, 7) is 5.39. The van der Waals surface area contributed by atoms with Gasteiger partial charge in [0, 0.05) is 31.5 Å². The third kappa shape index (κ3) is 3.75. The average molecular weight is 209 g/mol. The van der Waals surface area contributed by atoms with Crippen LogP contribution in [0.5, 0.6) is 0 Å². The van der Waals surface area contributed by atoms with Crippen LogP contribution in [0.1, 0.15) is 19.5 Å². The van der Waals surface area contributed by atoms with Crippen LogP contribution in [-0.4, -0.2) is 23.6 Å². The molecule has 2 N–H and O–H groups in total. The highest BCUT2D eigenvalue weighted by molar-refractivity contribution is 5.75. The van der Waals surface area contributed by atoms with Gasteiger partial charge >= 0.3 is 0 Å². The summed E-state index contributed by atoms with van der Waals surface area (Å²) in [6, 6.07) is 4.44. The molecular weight excluding hydrogens is 190 g/mol. The van der Waals surface area contributed by atoms with E-state index in [4.69, 9.17) is 0 Å². The van der Waals surface area contributed by atoms with Gasteiger partial charge in [0.05, 0.1) is 0 Å². The van der Waals surface area contributed by atoms with Gasteiger partial charge in [-0.2, -0.15) is 0 Å². The SMILES string of the molecule is CNC(=O)Cn1cccc1CNC(C)C. The Kier molecular flexibility index (Phi) is 4.37. The van der Waals surface area contributed by atoms with Crippen LogP contribution in [0, 0.1) is 0 Å². The van der Waals surface area contributed by atoms with E-state index in [-0.39, 0.29) is 5.91 Å². The number of hydrogen-bond acceptors (Lipinski definition) is 2. The van der Waals surface area contributed by atoms with Crippen molar-refractivity contribution in [1.82, 2.24) is 15.2 Å². The van der Waals surface area contributed by atoms with E-state index in [0.29, 0.717) is 12.6 Å². The van der Waals surface area contributed by atoms with E-state index in [1.54, 1.807) is 7.05 Å². The summed E-state index contributed by atoms with van der Waals surface area (Å²) in [5.41, 5.74) is 1.13. The lowest BCUT2D eigenvalue weighted by atomic mass is 10.3. The summed E-state index contributed by atoms with van der Waals surface area (Å²) >= 11 is 0. The minimum Gasteiger partial charge on any atom is -0.358 e. The normalized spacial score (nSPS) is 10.7. The van der Waals surface area contributed by atoms with E-state index in [1.807, 2.05) is 22.9 Å². The fourth-order valence-electron chi connectivity index (χ4n) is 1.31. The van der Waals surface area contributed by atoms with Crippen LogP contribution in [-0.2, 0) is 17.9 Å². The Balaban J connectivity index is 2.57. The number of nitrogens with zero attached hydrogens (tertiary/aromatic N) is 1. The predicted octanol–water partition coefficient (Wildman–Crippen LogP) is 0.732. The topological polar surface area (TPSA) is 46.1 Å². The minimum absolute atomic E-state index is 0.0250. The van der Waals surface area contributed by atoms with Crippen LogP contribution in [0.3, 0.4) is 0 Å². The van der Waals surface area contributed by atoms with Crippen molar-refractivity contribution in [3.05, 3.63) is 24.0 Å². The lowest BCUT2D eigenvalue weighted by Gasteiger charge is -2.11. The van der Waals surface area contributed by atoms with Crippen molar-refractivity contribution in [2.75, 3.05) is 7.05 Å². The molecule has 0 saturated carbocycles. The zero-order valence-electron chi connectivity index (χ0n) is 9.58. The molecule has 4 heteroatoms. The summed E-state index contributed by atoms with van der Waals surface area (Å²) in [7, 11) is 1.65. The molecule has 0 unspecified atom stereocenters. The second-order valence-electron chi connectivity index (χ2n) is 3.84. The third-order valence-corrected chi connectivity index (χ3v) is 2.21. The van der Waals surface area contributed by atoms with Gasteiger partial charge in [-0.1, -0.05) is 13.8 Å². The first-order valence-corrected chi connectivity index (χ1v) is 5.21. The van der Waals surface area contributed by atoms with Gasteiger partial charge in [-0.05, 0) is 12.1 Å². The highest BCUT2D eigenvalue weighted by atomic mass is 16.1. The lowest BCUT2D eigenvalue weighted by molar-refractivity contribution is -0.121. The van der Waals surface area contributed by atoms with Crippen LogP contribution in [0.15, 0.2) is 18.3 Å². The number of carbonyl (C=O) groups is 1. The highest BCUT2D eigenvalue weighted by Gasteiger charge is 2.04. The molecule has 0 saturated heterocycles. The zero-order chi connectivity index (χ0) is 11.3. The summed E-state index contributed by atoms with van der Waals surface area (Å²) < 4.78 is 1.95. The van der Waals surface area contributed by atoms with Gasteiger partial charge in [0.15, 0.2) is 0 Å². The average Bonchev–Trinajstić information content (AvgIpc) is 2.62. The largest absolute Gasteiger partial charge is 0.358 e. The quantitative estimate of drug-likeness (QED) is 0.751. The maximum Gasteiger partial charge on any atom is 0.239 e. The minimum atomic E-state index is 0.0250. The summed E-state index contributed by atoms with van der Waals surface area (Å²) in [5, 5.41) is 5.94. The molecule has 1 amide bonds. The van der Waals surface area contributed by atoms with Crippen LogP contribution in [0.25, 0.3) is 0 Å². The maximum absolute atomic E-state index is 11.2. The monoisotopic (exact) mass is 209 g/mol. The summed E-state index contributed by atoms with van der Waals surface area (Å²) in [4.78, 5) is 11.2. The van der Waals surface area contributed by atoms with Crippen molar-refractivity contribution in [3.8, 4) is 0 Å². The van der Waals surface area contributed by atoms with E-state index in [0.717, 1.165) is 12.2 Å². The molecule has 84 valence electrons. The smallest absolute Gasteiger partial charge is 0.239 e. The molecule has 0 spiro atoms. The van der Waals surface area contributed by atoms with Crippen molar-refractivity contribution in [2.24, 2.45) is 0 Å². The van der Waals surface area contributed by atoms with Crippen LogP contribution < -0.4 is 10.6 Å². The van der Waals surface area contributed by atoms with E-state index >= 15 is 0 Å². The molecule has 1 heterocycles. The number of aromatic nitrogens is 1. The molecule has 0 atom stereocenters. The molecule has 15 heavy (non-hydrogen) atoms. The Morgan fingerprint density at radius 3 is 2.87 bits per heavy atom. The van der Waals surface area contributed by atoms with Gasteiger partial charge < -0.3 is 15.2 Å². The fraction of sp³-hybridized carbons (Fsp3) is 0.545. The van der Waals surface area contributed by atoms with E-state index < -0.39 is 0 Å². The van der Waals surface area contributed by atoms with Gasteiger partial charge in [0.1, 0.15) is 6.54 Å². The first-order chi connectivity index (χ1) is 7.13. The molecule has 0 aliphatic carbocycles. The molecule has 4 nitrogen and oxygen atoms in total. The molecule has 0 fully saturated rings. The Morgan fingerprint density at radius 2 is 2.27 bits per heavy atom. The molecular formula is C11H19N3O. The molecule has 1 aromatic rings. The number of carbonyl (C=O) groups excluding carboxylic acids is 1. The van der Waals surface area contributed by atoms with Crippen molar-refractivity contribution < 1.29 is 4.79 Å². The number of amides is 1. The fourth-order valence-corrected chi connectivity index (χ4v) is 1.31. The predicted molar refractivity (Wildman–Crippen MR) is 60.5 cm³/mol. The van der Waals surface area contributed by atoms with E-state index in [1.165, 1.54) is 0 Å². The third-order valence-electron chi connectivity index (χ3n) is 2.21. The van der Waals surface area contributed by atoms with Crippen molar-refractivity contribution in [3.63, 3.8) is 0 Å². The standard InChI is InChI=1S/C11H19N3O/c1-9(2)13-7-10-5-4-6-14(10)8-11(15)12-3/h4-6,9,13H,7-8H2,1-3H3,(H,12,15). The van der Waals surface area contributed by atoms with Crippen molar-refractivity contribution in [1.29, 1.82) is 0 Å². The number of rotatable bonds is 5. The second-order valence-corrected chi connectivity index (χ2v) is 3.84. The maximum atomic E-state index is 11.2. The molecule has 0 aliphatic heterocycles. The zero-order valence-corrected chi connectivity index (χ0v) is 9.58. The summed E-state index contributed by atoms with van der Waals surface area (Å²) in [5.74, 6) is 0.0250. The number of nitrogens with one attached hydrogen (secondary N) is 2. The first-order valence-electron chi connectivity index (χ1n) is 5.21. The van der Waals surface area contributed by atoms with Gasteiger partial charge in [-0.15, -0.1) is 0 Å². The Morgan fingerprint density at radius 1 is 1.53 bits per heavy atom.